The summed E-state index contributed by atoms with van der Waals surface area (Å²) < 4.78 is 32.7. The Morgan fingerprint density at radius 2 is 2.15 bits per heavy atom. The van der Waals surface area contributed by atoms with Gasteiger partial charge in [-0.15, -0.1) is 0 Å². The molecule has 1 saturated carbocycles. The Balaban J connectivity index is 2.22. The van der Waals surface area contributed by atoms with Crippen LogP contribution in [0, 0.1) is 5.92 Å². The predicted molar refractivity (Wildman–Crippen MR) is 78.3 cm³/mol. The molecule has 1 aliphatic carbocycles. The van der Waals surface area contributed by atoms with E-state index in [1.54, 1.807) is 18.2 Å². The topological polar surface area (TPSA) is 67.4 Å². The molecule has 0 saturated heterocycles. The van der Waals surface area contributed by atoms with Crippen LogP contribution in [-0.4, -0.2) is 28.6 Å². The summed E-state index contributed by atoms with van der Waals surface area (Å²) >= 11 is 0. The maximum absolute atomic E-state index is 12.4. The highest BCUT2D eigenvalue weighted by molar-refractivity contribution is 7.89. The quantitative estimate of drug-likeness (QED) is 0.800. The molecular weight excluding hydrogens is 276 g/mol. The molecule has 0 aliphatic heterocycles. The van der Waals surface area contributed by atoms with Crippen LogP contribution in [0.25, 0.3) is 0 Å². The standard InChI is InChI=1S/C14H22N2O3S/c1-4-11-8-12(11)16-20(17,18)14-6-5-10(9-15-2)7-13(14)19-3/h5-7,11-12,15-16H,4,8-9H2,1-3H3. The van der Waals surface area contributed by atoms with Crippen LogP contribution in [0.1, 0.15) is 25.3 Å². The van der Waals surface area contributed by atoms with Gasteiger partial charge in [0.2, 0.25) is 10.0 Å². The first kappa shape index (κ1) is 15.3. The average Bonchev–Trinajstić information content (AvgIpc) is 3.16. The van der Waals surface area contributed by atoms with E-state index in [-0.39, 0.29) is 10.9 Å². The van der Waals surface area contributed by atoms with Crippen molar-refractivity contribution in [2.75, 3.05) is 14.2 Å². The minimum Gasteiger partial charge on any atom is -0.495 e. The normalized spacial score (nSPS) is 21.8. The minimum absolute atomic E-state index is 0.0756. The molecule has 2 atom stereocenters. The highest BCUT2D eigenvalue weighted by Gasteiger charge is 2.39. The smallest absolute Gasteiger partial charge is 0.244 e. The number of benzene rings is 1. The molecule has 1 aromatic rings. The van der Waals surface area contributed by atoms with Gasteiger partial charge >= 0.3 is 0 Å². The molecule has 0 heterocycles. The van der Waals surface area contributed by atoms with Gasteiger partial charge in [-0.25, -0.2) is 13.1 Å². The van der Waals surface area contributed by atoms with E-state index in [0.29, 0.717) is 18.2 Å². The third-order valence-corrected chi connectivity index (χ3v) is 5.18. The molecule has 1 aliphatic rings. The van der Waals surface area contributed by atoms with Gasteiger partial charge in [0.15, 0.2) is 0 Å². The molecule has 5 nitrogen and oxygen atoms in total. The second-order valence-electron chi connectivity index (χ2n) is 5.15. The number of sulfonamides is 1. The van der Waals surface area contributed by atoms with Gasteiger partial charge in [-0.05, 0) is 37.1 Å². The molecule has 1 fully saturated rings. The second-order valence-corrected chi connectivity index (χ2v) is 6.83. The lowest BCUT2D eigenvalue weighted by Crippen LogP contribution is -2.27. The molecule has 2 rings (SSSR count). The molecule has 6 heteroatoms. The Hall–Kier alpha value is -1.11. The Morgan fingerprint density at radius 3 is 2.70 bits per heavy atom. The molecule has 20 heavy (non-hydrogen) atoms. The number of hydrogen-bond donors (Lipinski definition) is 2. The molecular formula is C14H22N2O3S. The van der Waals surface area contributed by atoms with Crippen LogP contribution >= 0.6 is 0 Å². The van der Waals surface area contributed by atoms with E-state index in [1.165, 1.54) is 7.11 Å². The highest BCUT2D eigenvalue weighted by atomic mass is 32.2. The van der Waals surface area contributed by atoms with Gasteiger partial charge < -0.3 is 10.1 Å². The van der Waals surface area contributed by atoms with Gasteiger partial charge in [0, 0.05) is 12.6 Å². The molecule has 0 bridgehead atoms. The molecule has 2 N–H and O–H groups in total. The molecule has 112 valence electrons. The Morgan fingerprint density at radius 1 is 1.40 bits per heavy atom. The van der Waals surface area contributed by atoms with E-state index in [9.17, 15) is 8.42 Å². The van der Waals surface area contributed by atoms with E-state index in [2.05, 4.69) is 17.0 Å². The summed E-state index contributed by atoms with van der Waals surface area (Å²) in [5, 5.41) is 3.03. The van der Waals surface area contributed by atoms with E-state index in [1.807, 2.05) is 7.05 Å². The number of methoxy groups -OCH3 is 1. The van der Waals surface area contributed by atoms with Crippen molar-refractivity contribution >= 4 is 10.0 Å². The largest absolute Gasteiger partial charge is 0.495 e. The maximum Gasteiger partial charge on any atom is 0.244 e. The lowest BCUT2D eigenvalue weighted by molar-refractivity contribution is 0.401. The molecule has 0 radical (unpaired) electrons. The summed E-state index contributed by atoms with van der Waals surface area (Å²) in [6.07, 6.45) is 1.93. The molecule has 1 aromatic carbocycles. The van der Waals surface area contributed by atoms with Crippen molar-refractivity contribution in [2.45, 2.75) is 37.2 Å². The zero-order chi connectivity index (χ0) is 14.8. The number of ether oxygens (including phenoxy) is 1. The van der Waals surface area contributed by atoms with E-state index in [4.69, 9.17) is 4.74 Å². The van der Waals surface area contributed by atoms with Gasteiger partial charge in [0.1, 0.15) is 10.6 Å². The monoisotopic (exact) mass is 298 g/mol. The fourth-order valence-corrected chi connectivity index (χ4v) is 3.82. The van der Waals surface area contributed by atoms with Crippen LogP contribution < -0.4 is 14.8 Å². The summed E-state index contributed by atoms with van der Waals surface area (Å²) in [6.45, 7) is 2.75. The van der Waals surface area contributed by atoms with Crippen molar-refractivity contribution in [3.05, 3.63) is 23.8 Å². The van der Waals surface area contributed by atoms with Crippen molar-refractivity contribution in [1.82, 2.24) is 10.0 Å². The predicted octanol–water partition coefficient (Wildman–Crippen LogP) is 1.49. The van der Waals surface area contributed by atoms with Gasteiger partial charge in [0.05, 0.1) is 7.11 Å². The van der Waals surface area contributed by atoms with E-state index < -0.39 is 10.0 Å². The molecule has 0 amide bonds. The third-order valence-electron chi connectivity index (χ3n) is 3.65. The van der Waals surface area contributed by atoms with Crippen molar-refractivity contribution in [2.24, 2.45) is 5.92 Å². The van der Waals surface area contributed by atoms with Crippen LogP contribution in [0.3, 0.4) is 0 Å². The SMILES string of the molecule is CCC1CC1NS(=O)(=O)c1ccc(CNC)cc1OC. The van der Waals surface area contributed by atoms with E-state index >= 15 is 0 Å². The van der Waals surface area contributed by atoms with Crippen molar-refractivity contribution < 1.29 is 13.2 Å². The number of nitrogens with one attached hydrogen (secondary N) is 2. The van der Waals surface area contributed by atoms with Crippen molar-refractivity contribution in [3.63, 3.8) is 0 Å². The molecule has 2 unspecified atom stereocenters. The first-order valence-electron chi connectivity index (χ1n) is 6.85. The van der Waals surface area contributed by atoms with Crippen molar-refractivity contribution in [1.29, 1.82) is 0 Å². The molecule has 0 aromatic heterocycles. The minimum atomic E-state index is -3.51. The Labute approximate surface area is 120 Å². The summed E-state index contributed by atoms with van der Waals surface area (Å²) in [4.78, 5) is 0.210. The fourth-order valence-electron chi connectivity index (χ4n) is 2.35. The second kappa shape index (κ2) is 6.11. The fraction of sp³-hybridized carbons (Fsp3) is 0.571. The number of hydrogen-bond acceptors (Lipinski definition) is 4. The van der Waals surface area contributed by atoms with E-state index in [0.717, 1.165) is 18.4 Å². The van der Waals surface area contributed by atoms with Crippen LogP contribution in [0.4, 0.5) is 0 Å². The van der Waals surface area contributed by atoms with Gasteiger partial charge in [-0.3, -0.25) is 0 Å². The van der Waals surface area contributed by atoms with Gasteiger partial charge in [-0.1, -0.05) is 19.4 Å². The Kier molecular flexibility index (Phi) is 4.67. The van der Waals surface area contributed by atoms with Crippen molar-refractivity contribution in [3.8, 4) is 5.75 Å². The lowest BCUT2D eigenvalue weighted by atomic mass is 10.2. The van der Waals surface area contributed by atoms with Crippen LogP contribution in [-0.2, 0) is 16.6 Å². The number of rotatable bonds is 7. The zero-order valence-electron chi connectivity index (χ0n) is 12.1. The molecule has 0 spiro atoms. The van der Waals surface area contributed by atoms with Gasteiger partial charge in [-0.2, -0.15) is 0 Å². The highest BCUT2D eigenvalue weighted by Crippen LogP contribution is 2.35. The first-order chi connectivity index (χ1) is 9.51. The Bertz CT molecular complexity index is 572. The van der Waals surface area contributed by atoms with Gasteiger partial charge in [0.25, 0.3) is 0 Å². The first-order valence-corrected chi connectivity index (χ1v) is 8.34. The summed E-state index contributed by atoms with van der Waals surface area (Å²) in [5.74, 6) is 0.860. The maximum atomic E-state index is 12.4. The summed E-state index contributed by atoms with van der Waals surface area (Å²) in [5.41, 5.74) is 0.987. The van der Waals surface area contributed by atoms with Crippen LogP contribution in [0.2, 0.25) is 0 Å². The van der Waals surface area contributed by atoms with Crippen LogP contribution in [0.5, 0.6) is 5.75 Å². The zero-order valence-corrected chi connectivity index (χ0v) is 13.0. The third kappa shape index (κ3) is 3.31. The average molecular weight is 298 g/mol. The summed E-state index contributed by atoms with van der Waals surface area (Å²) in [7, 11) is -0.176. The van der Waals surface area contributed by atoms with Crippen LogP contribution in [0.15, 0.2) is 23.1 Å². The summed E-state index contributed by atoms with van der Waals surface area (Å²) in [6, 6.07) is 5.25. The lowest BCUT2D eigenvalue weighted by Gasteiger charge is -2.12.